The standard InChI is InChI=1S/C25H40N2O2Si/c1-5-18-30(19-6-2,20-7-3)27-23(28)25(4,21-14-10-8-11-15-21)26(24(27)29)22-16-12-9-13-17-22/h8,10-11,14-15,22H,5-7,9,12-13,16-20H2,1-4H3. The molecule has 1 heterocycles. The number of benzene rings is 1. The van der Waals surface area contributed by atoms with Crippen molar-refractivity contribution in [2.24, 2.45) is 0 Å². The third-order valence-electron chi connectivity index (χ3n) is 7.39. The molecule has 4 nitrogen and oxygen atoms in total. The van der Waals surface area contributed by atoms with Crippen molar-refractivity contribution in [1.82, 2.24) is 9.47 Å². The number of hydrogen-bond acceptors (Lipinski definition) is 2. The second-order valence-corrected chi connectivity index (χ2v) is 13.9. The van der Waals surface area contributed by atoms with Crippen molar-refractivity contribution < 1.29 is 9.59 Å². The van der Waals surface area contributed by atoms with Gasteiger partial charge in [0.1, 0.15) is 5.54 Å². The molecule has 1 saturated heterocycles. The summed E-state index contributed by atoms with van der Waals surface area (Å²) in [6.45, 7) is 8.62. The van der Waals surface area contributed by atoms with E-state index in [2.05, 4.69) is 20.8 Å². The Bertz CT molecular complexity index is 715. The molecular formula is C25H40N2O2Si. The van der Waals surface area contributed by atoms with Crippen molar-refractivity contribution in [1.29, 1.82) is 0 Å². The lowest BCUT2D eigenvalue weighted by Crippen LogP contribution is -2.57. The Balaban J connectivity index is 2.14. The van der Waals surface area contributed by atoms with Gasteiger partial charge in [0.25, 0.3) is 5.91 Å². The highest BCUT2D eigenvalue weighted by Gasteiger charge is 2.62. The molecule has 166 valence electrons. The molecule has 1 atom stereocenters. The van der Waals surface area contributed by atoms with Crippen LogP contribution < -0.4 is 0 Å². The molecule has 2 aliphatic rings. The fraction of sp³-hybridized carbons (Fsp3) is 0.680. The van der Waals surface area contributed by atoms with Crippen molar-refractivity contribution in [3.63, 3.8) is 0 Å². The summed E-state index contributed by atoms with van der Waals surface area (Å²) in [5.41, 5.74) is 0.0807. The van der Waals surface area contributed by atoms with Gasteiger partial charge in [-0.15, -0.1) is 0 Å². The molecule has 1 aliphatic heterocycles. The Hall–Kier alpha value is -1.62. The number of carbonyl (C=O) groups is 2. The van der Waals surface area contributed by atoms with Gasteiger partial charge in [-0.25, -0.2) is 4.79 Å². The predicted octanol–water partition coefficient (Wildman–Crippen LogP) is 6.67. The van der Waals surface area contributed by atoms with Gasteiger partial charge >= 0.3 is 6.03 Å². The van der Waals surface area contributed by atoms with Crippen molar-refractivity contribution in [2.75, 3.05) is 0 Å². The molecule has 1 unspecified atom stereocenters. The summed E-state index contributed by atoms with van der Waals surface area (Å²) in [5, 5.41) is 0. The highest BCUT2D eigenvalue weighted by Crippen LogP contribution is 2.46. The Labute approximate surface area is 184 Å². The van der Waals surface area contributed by atoms with Gasteiger partial charge in [0, 0.05) is 6.04 Å². The summed E-state index contributed by atoms with van der Waals surface area (Å²) in [4.78, 5) is 30.4. The topological polar surface area (TPSA) is 40.6 Å². The van der Waals surface area contributed by atoms with Crippen LogP contribution in [-0.2, 0) is 10.3 Å². The van der Waals surface area contributed by atoms with Crippen LogP contribution in [0.5, 0.6) is 0 Å². The predicted molar refractivity (Wildman–Crippen MR) is 126 cm³/mol. The summed E-state index contributed by atoms with van der Waals surface area (Å²) < 4.78 is 1.87. The van der Waals surface area contributed by atoms with Crippen LogP contribution in [0, 0.1) is 0 Å². The van der Waals surface area contributed by atoms with E-state index in [1.165, 1.54) is 6.42 Å². The molecular weight excluding hydrogens is 388 g/mol. The van der Waals surface area contributed by atoms with Crippen LogP contribution in [-0.4, -0.2) is 35.7 Å². The fourth-order valence-electron chi connectivity index (χ4n) is 6.12. The van der Waals surface area contributed by atoms with E-state index in [1.807, 2.05) is 46.7 Å². The third-order valence-corrected chi connectivity index (χ3v) is 13.0. The van der Waals surface area contributed by atoms with E-state index in [0.29, 0.717) is 0 Å². The van der Waals surface area contributed by atoms with E-state index in [1.54, 1.807) is 0 Å². The second-order valence-electron chi connectivity index (χ2n) is 9.50. The maximum absolute atomic E-state index is 14.3. The molecule has 1 aromatic carbocycles. The molecule has 0 spiro atoms. The van der Waals surface area contributed by atoms with Gasteiger partial charge in [-0.3, -0.25) is 9.36 Å². The summed E-state index contributed by atoms with van der Waals surface area (Å²) in [6, 6.07) is 13.3. The number of carbonyl (C=O) groups excluding carboxylic acids is 2. The van der Waals surface area contributed by atoms with Crippen LogP contribution >= 0.6 is 0 Å². The normalized spacial score (nSPS) is 23.5. The molecule has 1 aromatic rings. The highest BCUT2D eigenvalue weighted by atomic mass is 28.3. The van der Waals surface area contributed by atoms with Gasteiger partial charge in [0.2, 0.25) is 0 Å². The maximum Gasteiger partial charge on any atom is 0.320 e. The van der Waals surface area contributed by atoms with Crippen molar-refractivity contribution >= 4 is 20.2 Å². The highest BCUT2D eigenvalue weighted by molar-refractivity contribution is 6.81. The number of rotatable bonds is 9. The minimum atomic E-state index is -2.22. The van der Waals surface area contributed by atoms with Crippen molar-refractivity contribution in [2.45, 2.75) is 109 Å². The summed E-state index contributed by atoms with van der Waals surface area (Å²) in [7, 11) is -2.22. The molecule has 1 aliphatic carbocycles. The van der Waals surface area contributed by atoms with Gasteiger partial charge in [-0.05, 0) is 43.5 Å². The fourth-order valence-corrected chi connectivity index (χ4v) is 11.5. The van der Waals surface area contributed by atoms with Crippen LogP contribution in [0.3, 0.4) is 0 Å². The van der Waals surface area contributed by atoms with E-state index in [9.17, 15) is 9.59 Å². The van der Waals surface area contributed by atoms with Crippen LogP contribution in [0.1, 0.15) is 84.6 Å². The molecule has 0 radical (unpaired) electrons. The molecule has 2 fully saturated rings. The van der Waals surface area contributed by atoms with Gasteiger partial charge < -0.3 is 4.90 Å². The zero-order valence-electron chi connectivity index (χ0n) is 19.5. The van der Waals surface area contributed by atoms with Gasteiger partial charge in [0.15, 0.2) is 8.24 Å². The summed E-state index contributed by atoms with van der Waals surface area (Å²) in [5.74, 6) is 0.0475. The number of amides is 3. The van der Waals surface area contributed by atoms with Crippen molar-refractivity contribution in [3.05, 3.63) is 35.9 Å². The lowest BCUT2D eigenvalue weighted by atomic mass is 9.86. The second kappa shape index (κ2) is 9.67. The molecule has 0 N–H and O–H groups in total. The average Bonchev–Trinajstić information content (AvgIpc) is 2.96. The van der Waals surface area contributed by atoms with E-state index >= 15 is 0 Å². The van der Waals surface area contributed by atoms with E-state index < -0.39 is 13.8 Å². The molecule has 0 bridgehead atoms. The Kier molecular flexibility index (Phi) is 7.43. The lowest BCUT2D eigenvalue weighted by molar-refractivity contribution is -0.131. The first-order valence-electron chi connectivity index (χ1n) is 12.2. The molecule has 30 heavy (non-hydrogen) atoms. The minimum absolute atomic E-state index is 0.0141. The number of nitrogens with zero attached hydrogens (tertiary/aromatic N) is 2. The number of urea groups is 1. The summed E-state index contributed by atoms with van der Waals surface area (Å²) >= 11 is 0. The summed E-state index contributed by atoms with van der Waals surface area (Å²) in [6.07, 6.45) is 8.67. The van der Waals surface area contributed by atoms with Crippen molar-refractivity contribution in [3.8, 4) is 0 Å². The van der Waals surface area contributed by atoms with Gasteiger partial charge in [0.05, 0.1) is 0 Å². The minimum Gasteiger partial charge on any atom is -0.303 e. The Morgan fingerprint density at radius 1 is 0.900 bits per heavy atom. The molecule has 0 aromatic heterocycles. The van der Waals surface area contributed by atoms with Gasteiger partial charge in [-0.2, -0.15) is 0 Å². The number of imide groups is 1. The van der Waals surface area contributed by atoms with E-state index in [4.69, 9.17) is 0 Å². The first-order valence-corrected chi connectivity index (χ1v) is 14.8. The lowest BCUT2D eigenvalue weighted by Gasteiger charge is -2.40. The molecule has 3 amide bonds. The SMILES string of the molecule is CCC[Si](CCC)(CCC)N1C(=O)N(C2CCCCC2)C(C)(c2ccccc2)C1=O. The van der Waals surface area contributed by atoms with Crippen LogP contribution in [0.4, 0.5) is 4.79 Å². The average molecular weight is 429 g/mol. The van der Waals surface area contributed by atoms with E-state index in [0.717, 1.165) is 68.6 Å². The zero-order valence-corrected chi connectivity index (χ0v) is 20.5. The van der Waals surface area contributed by atoms with Crippen LogP contribution in [0.15, 0.2) is 30.3 Å². The largest absolute Gasteiger partial charge is 0.320 e. The van der Waals surface area contributed by atoms with Gasteiger partial charge in [-0.1, -0.05) is 89.6 Å². The first kappa shape index (κ1) is 23.0. The quantitative estimate of drug-likeness (QED) is 0.325. The molecule has 1 saturated carbocycles. The van der Waals surface area contributed by atoms with Crippen LogP contribution in [0.2, 0.25) is 18.1 Å². The Morgan fingerprint density at radius 2 is 1.43 bits per heavy atom. The third kappa shape index (κ3) is 3.86. The maximum atomic E-state index is 14.3. The Morgan fingerprint density at radius 3 is 1.93 bits per heavy atom. The molecule has 3 rings (SSSR count). The first-order chi connectivity index (χ1) is 14.5. The number of hydrogen-bond donors (Lipinski definition) is 0. The smallest absolute Gasteiger partial charge is 0.303 e. The van der Waals surface area contributed by atoms with Crippen LogP contribution in [0.25, 0.3) is 0 Å². The monoisotopic (exact) mass is 428 g/mol. The zero-order chi connectivity index (χ0) is 21.8. The van der Waals surface area contributed by atoms with E-state index in [-0.39, 0.29) is 18.0 Å². The molecule has 5 heteroatoms.